The molecule has 0 saturated carbocycles. The highest BCUT2D eigenvalue weighted by Crippen LogP contribution is 2.44. The van der Waals surface area contributed by atoms with Crippen molar-refractivity contribution >= 4 is 45.0 Å². The van der Waals surface area contributed by atoms with Crippen LogP contribution in [0.25, 0.3) is 11.0 Å². The minimum Gasteiger partial charge on any atom is -0.505 e. The van der Waals surface area contributed by atoms with Crippen molar-refractivity contribution < 1.29 is 14.7 Å². The SMILES string of the molecule is Cc1noc(/N=N/c2c(O)ccc(/N=N/c3snc4cccnc34)c2O)n1. The van der Waals surface area contributed by atoms with Gasteiger partial charge in [-0.3, -0.25) is 4.98 Å². The number of aromatic hydroxyl groups is 2. The molecule has 0 saturated heterocycles. The summed E-state index contributed by atoms with van der Waals surface area (Å²) in [5.74, 6) is -0.317. The topological polar surface area (TPSA) is 155 Å². The lowest BCUT2D eigenvalue weighted by Gasteiger charge is -2.02. The van der Waals surface area contributed by atoms with Crippen LogP contribution < -0.4 is 0 Å². The summed E-state index contributed by atoms with van der Waals surface area (Å²) in [7, 11) is 0. The van der Waals surface area contributed by atoms with E-state index in [0.717, 1.165) is 11.5 Å². The zero-order chi connectivity index (χ0) is 18.8. The van der Waals surface area contributed by atoms with E-state index in [0.29, 0.717) is 21.9 Å². The molecule has 3 aromatic heterocycles. The zero-order valence-electron chi connectivity index (χ0n) is 13.7. The van der Waals surface area contributed by atoms with Gasteiger partial charge in [-0.05, 0) is 42.7 Å². The Morgan fingerprint density at radius 2 is 1.96 bits per heavy atom. The van der Waals surface area contributed by atoms with E-state index >= 15 is 0 Å². The van der Waals surface area contributed by atoms with Crippen molar-refractivity contribution in [3.05, 3.63) is 36.3 Å². The van der Waals surface area contributed by atoms with Crippen molar-refractivity contribution in [3.8, 4) is 11.5 Å². The van der Waals surface area contributed by atoms with E-state index in [2.05, 4.69) is 40.0 Å². The molecule has 0 aliphatic carbocycles. The van der Waals surface area contributed by atoms with Crippen LogP contribution in [0.4, 0.5) is 22.4 Å². The average Bonchev–Trinajstić information content (AvgIpc) is 3.27. The third kappa shape index (κ3) is 3.32. The first-order chi connectivity index (χ1) is 13.1. The minimum atomic E-state index is -0.402. The van der Waals surface area contributed by atoms with Crippen molar-refractivity contribution in [2.24, 2.45) is 20.5 Å². The molecule has 12 heteroatoms. The molecule has 0 bridgehead atoms. The number of benzene rings is 1. The number of phenols is 2. The number of phenolic OH excluding ortho intramolecular Hbond substituents is 2. The summed E-state index contributed by atoms with van der Waals surface area (Å²) in [6, 6.07) is 6.18. The lowest BCUT2D eigenvalue weighted by atomic mass is 10.2. The Bertz CT molecular complexity index is 1180. The Morgan fingerprint density at radius 3 is 2.78 bits per heavy atom. The van der Waals surface area contributed by atoms with Crippen molar-refractivity contribution in [2.45, 2.75) is 6.92 Å². The number of nitrogens with zero attached hydrogens (tertiary/aromatic N) is 8. The van der Waals surface area contributed by atoms with Crippen LogP contribution in [0.2, 0.25) is 0 Å². The Morgan fingerprint density at radius 1 is 1.07 bits per heavy atom. The van der Waals surface area contributed by atoms with Crippen LogP contribution in [-0.2, 0) is 0 Å². The molecule has 134 valence electrons. The van der Waals surface area contributed by atoms with Gasteiger partial charge >= 0.3 is 6.01 Å². The number of hydrogen-bond acceptors (Lipinski definition) is 12. The van der Waals surface area contributed by atoms with Crippen LogP contribution in [0, 0.1) is 6.92 Å². The third-order valence-corrected chi connectivity index (χ3v) is 4.06. The van der Waals surface area contributed by atoms with Gasteiger partial charge in [0.25, 0.3) is 0 Å². The van der Waals surface area contributed by atoms with E-state index < -0.39 is 5.75 Å². The van der Waals surface area contributed by atoms with Crippen molar-refractivity contribution in [3.63, 3.8) is 0 Å². The molecule has 11 nitrogen and oxygen atoms in total. The molecule has 4 aromatic rings. The predicted molar refractivity (Wildman–Crippen MR) is 94.6 cm³/mol. The van der Waals surface area contributed by atoms with Gasteiger partial charge < -0.3 is 14.7 Å². The minimum absolute atomic E-state index is 0.0842. The van der Waals surface area contributed by atoms with Gasteiger partial charge in [-0.25, -0.2) is 0 Å². The van der Waals surface area contributed by atoms with Crippen molar-refractivity contribution in [1.29, 1.82) is 0 Å². The Labute approximate surface area is 154 Å². The second kappa shape index (κ2) is 6.84. The summed E-state index contributed by atoms with van der Waals surface area (Å²) in [6.45, 7) is 1.62. The van der Waals surface area contributed by atoms with E-state index in [4.69, 9.17) is 4.52 Å². The highest BCUT2D eigenvalue weighted by molar-refractivity contribution is 7.11. The maximum atomic E-state index is 10.3. The summed E-state index contributed by atoms with van der Waals surface area (Å²) in [4.78, 5) is 8.06. The van der Waals surface area contributed by atoms with Gasteiger partial charge in [-0.1, -0.05) is 10.3 Å². The third-order valence-electron chi connectivity index (χ3n) is 3.33. The van der Waals surface area contributed by atoms with Gasteiger partial charge in [0.2, 0.25) is 0 Å². The molecule has 4 rings (SSSR count). The van der Waals surface area contributed by atoms with Crippen molar-refractivity contribution in [2.75, 3.05) is 0 Å². The van der Waals surface area contributed by atoms with Gasteiger partial charge in [-0.2, -0.15) is 9.36 Å². The molecule has 0 spiro atoms. The quantitative estimate of drug-likeness (QED) is 0.488. The number of pyridine rings is 1. The smallest absolute Gasteiger partial charge is 0.366 e. The molecule has 3 heterocycles. The molecule has 0 atom stereocenters. The van der Waals surface area contributed by atoms with E-state index in [1.165, 1.54) is 12.1 Å². The van der Waals surface area contributed by atoms with Crippen LogP contribution in [0.1, 0.15) is 5.82 Å². The number of rotatable bonds is 4. The molecule has 1 aromatic carbocycles. The summed E-state index contributed by atoms with van der Waals surface area (Å²) in [5, 5.41) is 39.8. The van der Waals surface area contributed by atoms with E-state index in [-0.39, 0.29) is 23.1 Å². The first-order valence-corrected chi connectivity index (χ1v) is 8.28. The van der Waals surface area contributed by atoms with Gasteiger partial charge in [0.1, 0.15) is 22.5 Å². The number of hydrogen-bond donors (Lipinski definition) is 2. The average molecular weight is 382 g/mol. The van der Waals surface area contributed by atoms with E-state index in [1.54, 1.807) is 19.2 Å². The lowest BCUT2D eigenvalue weighted by molar-refractivity contribution is 0.420. The van der Waals surface area contributed by atoms with Crippen LogP contribution in [-0.4, -0.2) is 29.7 Å². The summed E-state index contributed by atoms with van der Waals surface area (Å²) in [5.41, 5.74) is 1.20. The molecule has 0 radical (unpaired) electrons. The fraction of sp³-hybridized carbons (Fsp3) is 0.0667. The first kappa shape index (κ1) is 16.7. The second-order valence-electron chi connectivity index (χ2n) is 5.18. The molecule has 0 aliphatic rings. The molecule has 27 heavy (non-hydrogen) atoms. The van der Waals surface area contributed by atoms with Gasteiger partial charge in [0.15, 0.2) is 22.3 Å². The van der Waals surface area contributed by atoms with Crippen LogP contribution in [0.15, 0.2) is 55.4 Å². The summed E-state index contributed by atoms with van der Waals surface area (Å²) >= 11 is 1.13. The Balaban J connectivity index is 1.66. The second-order valence-corrected chi connectivity index (χ2v) is 5.94. The summed E-state index contributed by atoms with van der Waals surface area (Å²) < 4.78 is 9.01. The predicted octanol–water partition coefficient (Wildman–Crippen LogP) is 4.62. The summed E-state index contributed by atoms with van der Waals surface area (Å²) in [6.07, 6.45) is 1.63. The standard InChI is InChI=1S/C15H10N8O3S/c1-7-17-15(26-22-7)21-19-12-10(24)5-4-9(13(12)25)18-20-14-11-8(23-27-14)3-2-6-16-11/h2-6,24-25H,1H3/b20-18+,21-19+. The maximum absolute atomic E-state index is 10.3. The van der Waals surface area contributed by atoms with Crippen LogP contribution in [0.5, 0.6) is 11.5 Å². The Kier molecular flexibility index (Phi) is 4.22. The van der Waals surface area contributed by atoms with E-state index in [1.807, 2.05) is 6.07 Å². The fourth-order valence-corrected chi connectivity index (χ4v) is 2.75. The molecule has 0 fully saturated rings. The van der Waals surface area contributed by atoms with Crippen LogP contribution in [0.3, 0.4) is 0 Å². The monoisotopic (exact) mass is 382 g/mol. The number of azo groups is 2. The normalized spacial score (nSPS) is 11.9. The number of aryl methyl sites for hydroxylation is 1. The number of aromatic nitrogens is 4. The van der Waals surface area contributed by atoms with Gasteiger partial charge in [-0.15, -0.1) is 15.3 Å². The molecule has 0 unspecified atom stereocenters. The zero-order valence-corrected chi connectivity index (χ0v) is 14.5. The van der Waals surface area contributed by atoms with E-state index in [9.17, 15) is 10.2 Å². The highest BCUT2D eigenvalue weighted by atomic mass is 32.1. The van der Waals surface area contributed by atoms with Crippen molar-refractivity contribution in [1.82, 2.24) is 19.5 Å². The molecule has 2 N–H and O–H groups in total. The highest BCUT2D eigenvalue weighted by Gasteiger charge is 2.13. The lowest BCUT2D eigenvalue weighted by Crippen LogP contribution is -1.74. The Hall–Kier alpha value is -3.80. The largest absolute Gasteiger partial charge is 0.505 e. The van der Waals surface area contributed by atoms with Gasteiger partial charge in [0.05, 0.1) is 0 Å². The first-order valence-electron chi connectivity index (χ1n) is 7.51. The fourth-order valence-electron chi connectivity index (χ4n) is 2.09. The van der Waals surface area contributed by atoms with Crippen LogP contribution >= 0.6 is 11.5 Å². The maximum Gasteiger partial charge on any atom is 0.366 e. The molecular weight excluding hydrogens is 372 g/mol. The number of fused-ring (bicyclic) bond motifs is 1. The molecule has 0 amide bonds. The van der Waals surface area contributed by atoms with Gasteiger partial charge in [0, 0.05) is 6.20 Å². The molecular formula is C15H10N8O3S. The molecule has 0 aliphatic heterocycles.